The molecule has 90 valence electrons. The minimum absolute atomic E-state index is 0.195. The van der Waals surface area contributed by atoms with Crippen molar-refractivity contribution >= 4 is 10.8 Å². The third kappa shape index (κ3) is 2.50. The summed E-state index contributed by atoms with van der Waals surface area (Å²) in [6.45, 7) is 4.22. The lowest BCUT2D eigenvalue weighted by atomic mass is 9.89. The molecule has 2 unspecified atom stereocenters. The Morgan fingerprint density at radius 1 is 1.06 bits per heavy atom. The zero-order valence-corrected chi connectivity index (χ0v) is 10.6. The smallest absolute Gasteiger partial charge is 0.0606 e. The Balaban J connectivity index is 2.41. The van der Waals surface area contributed by atoms with Crippen LogP contribution in [0.4, 0.5) is 0 Å². The van der Waals surface area contributed by atoms with Gasteiger partial charge in [0, 0.05) is 5.92 Å². The second-order valence-corrected chi connectivity index (χ2v) is 4.71. The molecular weight excluding hydrogens is 208 g/mol. The van der Waals surface area contributed by atoms with Crippen molar-refractivity contribution in [2.45, 2.75) is 38.7 Å². The van der Waals surface area contributed by atoms with Gasteiger partial charge in [-0.1, -0.05) is 62.7 Å². The van der Waals surface area contributed by atoms with Crippen LogP contribution in [0.25, 0.3) is 10.8 Å². The highest BCUT2D eigenvalue weighted by molar-refractivity contribution is 5.86. The van der Waals surface area contributed by atoms with E-state index in [0.717, 1.165) is 12.8 Å². The lowest BCUT2D eigenvalue weighted by Crippen LogP contribution is -2.15. The van der Waals surface area contributed by atoms with Crippen molar-refractivity contribution < 1.29 is 5.11 Å². The van der Waals surface area contributed by atoms with Gasteiger partial charge in [-0.05, 0) is 22.8 Å². The van der Waals surface area contributed by atoms with Crippen molar-refractivity contribution in [2.75, 3.05) is 0 Å². The second kappa shape index (κ2) is 5.33. The van der Waals surface area contributed by atoms with Gasteiger partial charge in [-0.3, -0.25) is 0 Å². The van der Waals surface area contributed by atoms with Crippen LogP contribution in [0.5, 0.6) is 0 Å². The quantitative estimate of drug-likeness (QED) is 0.835. The highest BCUT2D eigenvalue weighted by Gasteiger charge is 2.17. The fourth-order valence-electron chi connectivity index (χ4n) is 2.40. The molecule has 2 rings (SSSR count). The van der Waals surface area contributed by atoms with E-state index in [1.807, 2.05) is 0 Å². The van der Waals surface area contributed by atoms with E-state index in [0.29, 0.717) is 0 Å². The van der Waals surface area contributed by atoms with Gasteiger partial charge in [-0.25, -0.2) is 0 Å². The molecule has 0 aliphatic heterocycles. The monoisotopic (exact) mass is 228 g/mol. The van der Waals surface area contributed by atoms with Crippen molar-refractivity contribution in [3.8, 4) is 0 Å². The van der Waals surface area contributed by atoms with Crippen molar-refractivity contribution in [3.05, 3.63) is 48.0 Å². The number of fused-ring (bicyclic) bond motifs is 1. The maximum Gasteiger partial charge on any atom is 0.0606 e. The molecule has 0 bridgehead atoms. The fraction of sp³-hybridized carbons (Fsp3) is 0.375. The number of rotatable bonds is 4. The molecule has 1 N–H and O–H groups in total. The first-order valence-corrected chi connectivity index (χ1v) is 6.39. The van der Waals surface area contributed by atoms with Crippen molar-refractivity contribution in [3.63, 3.8) is 0 Å². The third-order valence-corrected chi connectivity index (χ3v) is 3.48. The van der Waals surface area contributed by atoms with Crippen molar-refractivity contribution in [1.82, 2.24) is 0 Å². The first kappa shape index (κ1) is 12.1. The van der Waals surface area contributed by atoms with Gasteiger partial charge in [-0.2, -0.15) is 0 Å². The van der Waals surface area contributed by atoms with E-state index >= 15 is 0 Å². The van der Waals surface area contributed by atoms with Gasteiger partial charge >= 0.3 is 0 Å². The zero-order valence-electron chi connectivity index (χ0n) is 10.6. The van der Waals surface area contributed by atoms with Gasteiger partial charge in [0.05, 0.1) is 6.10 Å². The number of hydrogen-bond donors (Lipinski definition) is 1. The molecule has 2 aromatic carbocycles. The van der Waals surface area contributed by atoms with E-state index < -0.39 is 0 Å². The van der Waals surface area contributed by atoms with Gasteiger partial charge < -0.3 is 5.11 Å². The Morgan fingerprint density at radius 2 is 1.76 bits per heavy atom. The maximum absolute atomic E-state index is 10.1. The van der Waals surface area contributed by atoms with Crippen molar-refractivity contribution in [2.24, 2.45) is 0 Å². The van der Waals surface area contributed by atoms with E-state index in [9.17, 15) is 5.11 Å². The SMILES string of the molecule is CCCC(O)C(C)c1cccc2ccccc12. The summed E-state index contributed by atoms with van der Waals surface area (Å²) in [5, 5.41) is 12.6. The normalized spacial score (nSPS) is 14.8. The summed E-state index contributed by atoms with van der Waals surface area (Å²) in [6.07, 6.45) is 1.64. The fourth-order valence-corrected chi connectivity index (χ4v) is 2.40. The van der Waals surface area contributed by atoms with E-state index in [1.165, 1.54) is 16.3 Å². The number of hydrogen-bond acceptors (Lipinski definition) is 1. The Labute approximate surface area is 103 Å². The van der Waals surface area contributed by atoms with Gasteiger partial charge in [0.15, 0.2) is 0 Å². The molecule has 0 heterocycles. The Kier molecular flexibility index (Phi) is 3.80. The molecule has 2 aromatic rings. The van der Waals surface area contributed by atoms with Crippen LogP contribution >= 0.6 is 0 Å². The molecule has 0 aromatic heterocycles. The van der Waals surface area contributed by atoms with E-state index in [4.69, 9.17) is 0 Å². The Hall–Kier alpha value is -1.34. The summed E-state index contributed by atoms with van der Waals surface area (Å²) >= 11 is 0. The summed E-state index contributed by atoms with van der Waals surface area (Å²) < 4.78 is 0. The summed E-state index contributed by atoms with van der Waals surface area (Å²) in [4.78, 5) is 0. The van der Waals surface area contributed by atoms with Crippen LogP contribution in [0.15, 0.2) is 42.5 Å². The maximum atomic E-state index is 10.1. The summed E-state index contributed by atoms with van der Waals surface area (Å²) in [7, 11) is 0. The van der Waals surface area contributed by atoms with Crippen LogP contribution in [-0.2, 0) is 0 Å². The highest BCUT2D eigenvalue weighted by atomic mass is 16.3. The van der Waals surface area contributed by atoms with Crippen molar-refractivity contribution in [1.29, 1.82) is 0 Å². The van der Waals surface area contributed by atoms with Gasteiger partial charge in [-0.15, -0.1) is 0 Å². The molecule has 0 saturated heterocycles. The Bertz CT molecular complexity index is 484. The highest BCUT2D eigenvalue weighted by Crippen LogP contribution is 2.28. The lowest BCUT2D eigenvalue weighted by Gasteiger charge is -2.20. The molecule has 1 nitrogen and oxygen atoms in total. The number of benzene rings is 2. The summed E-state index contributed by atoms with van der Waals surface area (Å²) in [5.41, 5.74) is 1.25. The number of aliphatic hydroxyl groups excluding tert-OH is 1. The zero-order chi connectivity index (χ0) is 12.3. The average Bonchev–Trinajstić information content (AvgIpc) is 2.37. The minimum atomic E-state index is -0.245. The molecule has 0 radical (unpaired) electrons. The molecule has 0 aliphatic carbocycles. The molecule has 0 amide bonds. The topological polar surface area (TPSA) is 20.2 Å². The van der Waals surface area contributed by atoms with Crippen LogP contribution in [0.3, 0.4) is 0 Å². The predicted octanol–water partition coefficient (Wildman–Crippen LogP) is 4.10. The summed E-state index contributed by atoms with van der Waals surface area (Å²) in [6, 6.07) is 14.7. The van der Waals surface area contributed by atoms with Gasteiger partial charge in [0.2, 0.25) is 0 Å². The molecule has 0 saturated carbocycles. The van der Waals surface area contributed by atoms with Gasteiger partial charge in [0.25, 0.3) is 0 Å². The van der Waals surface area contributed by atoms with Gasteiger partial charge in [0.1, 0.15) is 0 Å². The first-order valence-electron chi connectivity index (χ1n) is 6.39. The second-order valence-electron chi connectivity index (χ2n) is 4.71. The third-order valence-electron chi connectivity index (χ3n) is 3.48. The molecule has 0 fully saturated rings. The van der Waals surface area contributed by atoms with Crippen LogP contribution < -0.4 is 0 Å². The van der Waals surface area contributed by atoms with Crippen LogP contribution in [-0.4, -0.2) is 11.2 Å². The van der Waals surface area contributed by atoms with E-state index in [2.05, 4.69) is 56.3 Å². The van der Waals surface area contributed by atoms with Crippen LogP contribution in [0.2, 0.25) is 0 Å². The van der Waals surface area contributed by atoms with Crippen LogP contribution in [0.1, 0.15) is 38.2 Å². The standard InChI is InChI=1S/C16H20O/c1-3-7-16(17)12(2)14-11-6-9-13-8-4-5-10-15(13)14/h4-6,8-12,16-17H,3,7H2,1-2H3. The molecular formula is C16H20O. The van der Waals surface area contributed by atoms with E-state index in [1.54, 1.807) is 0 Å². The predicted molar refractivity (Wildman–Crippen MR) is 73.3 cm³/mol. The number of aliphatic hydroxyl groups is 1. The van der Waals surface area contributed by atoms with Crippen LogP contribution in [0, 0.1) is 0 Å². The largest absolute Gasteiger partial charge is 0.393 e. The Morgan fingerprint density at radius 3 is 2.53 bits per heavy atom. The first-order chi connectivity index (χ1) is 8.24. The summed E-state index contributed by atoms with van der Waals surface area (Å²) in [5.74, 6) is 0.195. The molecule has 0 aliphatic rings. The van der Waals surface area contributed by atoms with E-state index in [-0.39, 0.29) is 12.0 Å². The average molecular weight is 228 g/mol. The minimum Gasteiger partial charge on any atom is -0.393 e. The molecule has 17 heavy (non-hydrogen) atoms. The lowest BCUT2D eigenvalue weighted by molar-refractivity contribution is 0.139. The molecule has 1 heteroatoms. The molecule has 0 spiro atoms. The molecule has 2 atom stereocenters.